The van der Waals surface area contributed by atoms with Crippen LogP contribution in [0.2, 0.25) is 0 Å². The van der Waals surface area contributed by atoms with Gasteiger partial charge in [0.2, 0.25) is 5.91 Å². The molecule has 1 fully saturated rings. The predicted molar refractivity (Wildman–Crippen MR) is 116 cm³/mol. The number of hydrogen-bond donors (Lipinski definition) is 0. The van der Waals surface area contributed by atoms with Gasteiger partial charge >= 0.3 is 0 Å². The lowest BCUT2D eigenvalue weighted by molar-refractivity contribution is -0.132. The third-order valence-electron chi connectivity index (χ3n) is 5.14. The van der Waals surface area contributed by atoms with Crippen LogP contribution in [0, 0.1) is 0 Å². The minimum absolute atomic E-state index is 0.0144. The van der Waals surface area contributed by atoms with E-state index in [-0.39, 0.29) is 11.8 Å². The zero-order valence-corrected chi connectivity index (χ0v) is 17.6. The van der Waals surface area contributed by atoms with E-state index in [1.165, 1.54) is 0 Å². The Labute approximate surface area is 179 Å². The van der Waals surface area contributed by atoms with Crippen LogP contribution in [0.3, 0.4) is 0 Å². The number of hydrogen-bond acceptors (Lipinski definition) is 5. The molecule has 2 aromatic heterocycles. The van der Waals surface area contributed by atoms with Crippen LogP contribution < -0.4 is 0 Å². The maximum absolute atomic E-state index is 13.0. The molecule has 0 unspecified atom stereocenters. The fourth-order valence-electron chi connectivity index (χ4n) is 3.54. The Bertz CT molecular complexity index is 1030. The molecule has 1 aromatic carbocycles. The van der Waals surface area contributed by atoms with Crippen molar-refractivity contribution in [3.8, 4) is 5.69 Å². The first-order chi connectivity index (χ1) is 14.7. The summed E-state index contributed by atoms with van der Waals surface area (Å²) in [6, 6.07) is 13.1. The van der Waals surface area contributed by atoms with Crippen molar-refractivity contribution < 1.29 is 9.59 Å². The third-order valence-corrected chi connectivity index (χ3v) is 5.81. The number of thioether (sulfide) groups is 1. The highest BCUT2D eigenvalue weighted by atomic mass is 32.2. The maximum atomic E-state index is 13.0. The summed E-state index contributed by atoms with van der Waals surface area (Å²) in [6.45, 7) is 2.13. The van der Waals surface area contributed by atoms with E-state index in [0.29, 0.717) is 38.2 Å². The molecule has 154 valence electrons. The molecule has 0 atom stereocenters. The smallest absolute Gasteiger partial charge is 0.254 e. The lowest BCUT2D eigenvalue weighted by Gasteiger charge is -2.35. The van der Waals surface area contributed by atoms with Crippen molar-refractivity contribution in [2.45, 2.75) is 11.6 Å². The van der Waals surface area contributed by atoms with Gasteiger partial charge in [-0.1, -0.05) is 23.9 Å². The summed E-state index contributed by atoms with van der Waals surface area (Å²) in [5.74, 6) is 0.0343. The van der Waals surface area contributed by atoms with Crippen molar-refractivity contribution in [2.75, 3.05) is 32.4 Å². The van der Waals surface area contributed by atoms with E-state index in [4.69, 9.17) is 0 Å². The number of carbonyl (C=O) groups excluding carboxylic acids is 2. The molecule has 1 aliphatic heterocycles. The van der Waals surface area contributed by atoms with Gasteiger partial charge in [-0.2, -0.15) is 0 Å². The third kappa shape index (κ3) is 4.38. The second-order valence-corrected chi connectivity index (χ2v) is 7.78. The van der Waals surface area contributed by atoms with Crippen molar-refractivity contribution in [1.29, 1.82) is 0 Å². The summed E-state index contributed by atoms with van der Waals surface area (Å²) in [6.07, 6.45) is 7.60. The van der Waals surface area contributed by atoms with Gasteiger partial charge in [0.15, 0.2) is 5.16 Å². The fraction of sp³-hybridized carbons (Fsp3) is 0.273. The fourth-order valence-corrected chi connectivity index (χ4v) is 4.07. The van der Waals surface area contributed by atoms with Crippen molar-refractivity contribution in [2.24, 2.45) is 0 Å². The molecule has 3 aromatic rings. The highest BCUT2D eigenvalue weighted by Gasteiger charge is 2.25. The molecular formula is C22H23N5O2S. The van der Waals surface area contributed by atoms with E-state index in [1.807, 2.05) is 69.3 Å². The minimum atomic E-state index is -0.0144. The van der Waals surface area contributed by atoms with Crippen LogP contribution in [0.4, 0.5) is 0 Å². The summed E-state index contributed by atoms with van der Waals surface area (Å²) in [4.78, 5) is 37.7. The lowest BCUT2D eigenvalue weighted by Crippen LogP contribution is -2.51. The number of rotatable bonds is 5. The second kappa shape index (κ2) is 9.13. The van der Waals surface area contributed by atoms with Crippen LogP contribution in [0.15, 0.2) is 66.2 Å². The molecular weight excluding hydrogens is 398 g/mol. The summed E-state index contributed by atoms with van der Waals surface area (Å²) < 4.78 is 1.97. The highest BCUT2D eigenvalue weighted by Crippen LogP contribution is 2.20. The summed E-state index contributed by atoms with van der Waals surface area (Å²) in [5.41, 5.74) is 2.32. The molecule has 2 amide bonds. The van der Waals surface area contributed by atoms with Gasteiger partial charge in [-0.25, -0.2) is 4.98 Å². The molecule has 0 bridgehead atoms. The summed E-state index contributed by atoms with van der Waals surface area (Å²) in [7, 11) is 0. The van der Waals surface area contributed by atoms with Gasteiger partial charge in [-0.3, -0.25) is 19.1 Å². The quantitative estimate of drug-likeness (QED) is 0.592. The molecule has 4 rings (SSSR count). The van der Waals surface area contributed by atoms with Gasteiger partial charge < -0.3 is 9.80 Å². The SMILES string of the molecule is CSc1nccn1-c1cccc(C(=O)N2CCN(C(=O)Cc3ccccn3)CC2)c1. The van der Waals surface area contributed by atoms with E-state index in [9.17, 15) is 9.59 Å². The van der Waals surface area contributed by atoms with Crippen LogP contribution in [0.5, 0.6) is 0 Å². The Kier molecular flexibility index (Phi) is 6.13. The number of aromatic nitrogens is 3. The van der Waals surface area contributed by atoms with Crippen LogP contribution in [-0.2, 0) is 11.2 Å². The van der Waals surface area contributed by atoms with E-state index in [1.54, 1.807) is 24.2 Å². The maximum Gasteiger partial charge on any atom is 0.254 e. The van der Waals surface area contributed by atoms with Gasteiger partial charge in [-0.05, 0) is 36.6 Å². The van der Waals surface area contributed by atoms with Gasteiger partial charge in [0.1, 0.15) is 0 Å². The van der Waals surface area contributed by atoms with Crippen LogP contribution in [0.25, 0.3) is 5.69 Å². The Balaban J connectivity index is 1.39. The number of pyridine rings is 1. The normalized spacial score (nSPS) is 14.0. The highest BCUT2D eigenvalue weighted by molar-refractivity contribution is 7.98. The molecule has 0 radical (unpaired) electrons. The first-order valence-corrected chi connectivity index (χ1v) is 11.0. The number of benzene rings is 1. The molecule has 8 heteroatoms. The molecule has 1 aliphatic rings. The van der Waals surface area contributed by atoms with Gasteiger partial charge in [0.25, 0.3) is 5.91 Å². The Hall–Kier alpha value is -3.13. The Morgan fingerprint density at radius 2 is 1.77 bits per heavy atom. The standard InChI is InChI=1S/C22H23N5O2S/c1-30-22-24-9-10-27(22)19-7-4-5-17(15-19)21(29)26-13-11-25(12-14-26)20(28)16-18-6-2-3-8-23-18/h2-10,15H,11-14,16H2,1H3. The molecule has 1 saturated heterocycles. The van der Waals surface area contributed by atoms with Crippen molar-refractivity contribution in [3.05, 3.63) is 72.3 Å². The number of imidazole rings is 1. The van der Waals surface area contributed by atoms with Gasteiger partial charge in [0, 0.05) is 61.7 Å². The molecule has 0 saturated carbocycles. The van der Waals surface area contributed by atoms with Crippen LogP contribution in [-0.4, -0.2) is 68.6 Å². The van der Waals surface area contributed by atoms with Crippen molar-refractivity contribution >= 4 is 23.6 Å². The first-order valence-electron chi connectivity index (χ1n) is 9.80. The second-order valence-electron chi connectivity index (χ2n) is 7.01. The zero-order valence-electron chi connectivity index (χ0n) is 16.8. The molecule has 30 heavy (non-hydrogen) atoms. The average Bonchev–Trinajstić information content (AvgIpc) is 3.28. The predicted octanol–water partition coefficient (Wildman–Crippen LogP) is 2.52. The van der Waals surface area contributed by atoms with Crippen LogP contribution >= 0.6 is 11.8 Å². The zero-order chi connectivity index (χ0) is 20.9. The number of nitrogens with zero attached hydrogens (tertiary/aromatic N) is 5. The van der Waals surface area contributed by atoms with E-state index in [0.717, 1.165) is 16.5 Å². The Morgan fingerprint density at radius 1 is 0.967 bits per heavy atom. The van der Waals surface area contributed by atoms with Gasteiger partial charge in [-0.15, -0.1) is 0 Å². The van der Waals surface area contributed by atoms with Crippen molar-refractivity contribution in [1.82, 2.24) is 24.3 Å². The lowest BCUT2D eigenvalue weighted by atomic mass is 10.1. The molecule has 3 heterocycles. The minimum Gasteiger partial charge on any atom is -0.339 e. The molecule has 0 N–H and O–H groups in total. The number of piperazine rings is 1. The van der Waals surface area contributed by atoms with Crippen molar-refractivity contribution in [3.63, 3.8) is 0 Å². The summed E-state index contributed by atoms with van der Waals surface area (Å²) in [5, 5.41) is 0.875. The largest absolute Gasteiger partial charge is 0.339 e. The Morgan fingerprint density at radius 3 is 2.50 bits per heavy atom. The number of carbonyl (C=O) groups is 2. The van der Waals surface area contributed by atoms with Crippen LogP contribution in [0.1, 0.15) is 16.1 Å². The molecule has 0 aliphatic carbocycles. The van der Waals surface area contributed by atoms with E-state index in [2.05, 4.69) is 9.97 Å². The molecule has 0 spiro atoms. The first kappa shape index (κ1) is 20.2. The topological polar surface area (TPSA) is 71.3 Å². The monoisotopic (exact) mass is 421 g/mol. The number of amides is 2. The van der Waals surface area contributed by atoms with E-state index < -0.39 is 0 Å². The molecule has 7 nitrogen and oxygen atoms in total. The summed E-state index contributed by atoms with van der Waals surface area (Å²) >= 11 is 1.56. The average molecular weight is 422 g/mol. The van der Waals surface area contributed by atoms with Gasteiger partial charge in [0.05, 0.1) is 6.42 Å². The van der Waals surface area contributed by atoms with E-state index >= 15 is 0 Å².